The van der Waals surface area contributed by atoms with E-state index in [4.69, 9.17) is 27.9 Å². The van der Waals surface area contributed by atoms with Gasteiger partial charge >= 0.3 is 0 Å². The van der Waals surface area contributed by atoms with Crippen LogP contribution in [0.15, 0.2) is 41.2 Å². The molecule has 30 heavy (non-hydrogen) atoms. The molecule has 2 N–H and O–H groups in total. The SMILES string of the molecule is CCCn1nc(C(=O)NNC(=O)c2cc(Cl)c(OC)c(Cl)c2)c2ccccc2c1=O. The number of aromatic nitrogens is 2. The molecular formula is C20H18Cl2N4O4. The van der Waals surface area contributed by atoms with Crippen molar-refractivity contribution < 1.29 is 14.3 Å². The minimum absolute atomic E-state index is 0.0183. The van der Waals surface area contributed by atoms with Gasteiger partial charge in [0.1, 0.15) is 0 Å². The lowest BCUT2D eigenvalue weighted by atomic mass is 10.1. The van der Waals surface area contributed by atoms with Crippen LogP contribution in [0.2, 0.25) is 10.0 Å². The Morgan fingerprint density at radius 2 is 1.67 bits per heavy atom. The maximum absolute atomic E-state index is 12.7. The first kappa shape index (κ1) is 21.6. The Morgan fingerprint density at radius 1 is 1.07 bits per heavy atom. The van der Waals surface area contributed by atoms with Crippen LogP contribution >= 0.6 is 23.2 Å². The van der Waals surface area contributed by atoms with Crippen LogP contribution in [0.5, 0.6) is 5.75 Å². The quantitative estimate of drug-likeness (QED) is 0.583. The van der Waals surface area contributed by atoms with E-state index in [1.54, 1.807) is 24.3 Å². The molecule has 3 rings (SSSR count). The molecule has 2 aromatic carbocycles. The molecule has 10 heteroatoms. The Balaban J connectivity index is 1.86. The van der Waals surface area contributed by atoms with Crippen LogP contribution in [0, 0.1) is 0 Å². The summed E-state index contributed by atoms with van der Waals surface area (Å²) in [5.74, 6) is -1.07. The van der Waals surface area contributed by atoms with Gasteiger partial charge in [0.25, 0.3) is 17.4 Å². The molecule has 0 aliphatic heterocycles. The van der Waals surface area contributed by atoms with Crippen molar-refractivity contribution >= 4 is 45.8 Å². The van der Waals surface area contributed by atoms with Crippen LogP contribution < -0.4 is 21.1 Å². The zero-order valence-electron chi connectivity index (χ0n) is 16.2. The second-order valence-electron chi connectivity index (χ2n) is 6.30. The fraction of sp³-hybridized carbons (Fsp3) is 0.200. The van der Waals surface area contributed by atoms with Gasteiger partial charge in [0, 0.05) is 17.5 Å². The van der Waals surface area contributed by atoms with Crippen LogP contribution in [0.1, 0.15) is 34.2 Å². The van der Waals surface area contributed by atoms with Crippen LogP contribution in [0.4, 0.5) is 0 Å². The number of halogens is 2. The Kier molecular flexibility index (Phi) is 6.59. The zero-order valence-corrected chi connectivity index (χ0v) is 17.7. The molecule has 0 aliphatic rings. The highest BCUT2D eigenvalue weighted by atomic mass is 35.5. The molecule has 8 nitrogen and oxygen atoms in total. The first-order valence-corrected chi connectivity index (χ1v) is 9.76. The minimum atomic E-state index is -0.671. The summed E-state index contributed by atoms with van der Waals surface area (Å²) in [5, 5.41) is 5.23. The highest BCUT2D eigenvalue weighted by molar-refractivity contribution is 6.37. The van der Waals surface area contributed by atoms with Gasteiger partial charge in [0.2, 0.25) is 0 Å². The molecule has 2 amide bonds. The molecule has 0 spiro atoms. The maximum Gasteiger partial charge on any atom is 0.290 e. The van der Waals surface area contributed by atoms with Gasteiger partial charge in [-0.15, -0.1) is 0 Å². The van der Waals surface area contributed by atoms with Crippen molar-refractivity contribution in [1.82, 2.24) is 20.6 Å². The van der Waals surface area contributed by atoms with Crippen molar-refractivity contribution in [2.24, 2.45) is 0 Å². The molecule has 1 heterocycles. The van der Waals surface area contributed by atoms with Gasteiger partial charge in [-0.1, -0.05) is 48.3 Å². The van der Waals surface area contributed by atoms with Crippen molar-refractivity contribution in [3.05, 3.63) is 68.1 Å². The van der Waals surface area contributed by atoms with Crippen LogP contribution in [0.25, 0.3) is 10.8 Å². The van der Waals surface area contributed by atoms with Crippen LogP contribution in [-0.4, -0.2) is 28.7 Å². The first-order valence-electron chi connectivity index (χ1n) is 9.01. The fourth-order valence-corrected chi connectivity index (χ4v) is 3.54. The Morgan fingerprint density at radius 3 is 2.27 bits per heavy atom. The number of hydrogen-bond acceptors (Lipinski definition) is 5. The lowest BCUT2D eigenvalue weighted by Gasteiger charge is -2.12. The van der Waals surface area contributed by atoms with Crippen LogP contribution in [0.3, 0.4) is 0 Å². The van der Waals surface area contributed by atoms with Gasteiger partial charge in [-0.25, -0.2) is 4.68 Å². The molecular weight excluding hydrogens is 431 g/mol. The topological polar surface area (TPSA) is 102 Å². The fourth-order valence-electron chi connectivity index (χ4n) is 2.90. The van der Waals surface area contributed by atoms with E-state index in [1.165, 1.54) is 23.9 Å². The average molecular weight is 449 g/mol. The molecule has 0 fully saturated rings. The molecule has 0 atom stereocenters. The molecule has 0 saturated heterocycles. The molecule has 1 aromatic heterocycles. The lowest BCUT2D eigenvalue weighted by molar-refractivity contribution is 0.0843. The van der Waals surface area contributed by atoms with Crippen molar-refractivity contribution in [2.75, 3.05) is 7.11 Å². The van der Waals surface area contributed by atoms with E-state index in [1.807, 2.05) is 6.92 Å². The summed E-state index contributed by atoms with van der Waals surface area (Å²) in [6.45, 7) is 2.26. The summed E-state index contributed by atoms with van der Waals surface area (Å²) in [5.41, 5.74) is 4.47. The number of aryl methyl sites for hydroxylation is 1. The van der Waals surface area contributed by atoms with Gasteiger partial charge in [-0.2, -0.15) is 5.10 Å². The minimum Gasteiger partial charge on any atom is -0.494 e. The number of hydrazine groups is 1. The van der Waals surface area contributed by atoms with E-state index < -0.39 is 11.8 Å². The van der Waals surface area contributed by atoms with Gasteiger partial charge < -0.3 is 4.74 Å². The van der Waals surface area contributed by atoms with Crippen LogP contribution in [-0.2, 0) is 6.54 Å². The van der Waals surface area contributed by atoms with E-state index in [9.17, 15) is 14.4 Å². The number of ether oxygens (including phenoxy) is 1. The van der Waals surface area contributed by atoms with Crippen molar-refractivity contribution in [3.63, 3.8) is 0 Å². The highest BCUT2D eigenvalue weighted by Crippen LogP contribution is 2.33. The van der Waals surface area contributed by atoms with E-state index in [2.05, 4.69) is 16.0 Å². The average Bonchev–Trinajstić information content (AvgIpc) is 2.73. The Bertz CT molecular complexity index is 1170. The molecule has 3 aromatic rings. The van der Waals surface area contributed by atoms with E-state index in [0.29, 0.717) is 23.7 Å². The normalized spacial score (nSPS) is 10.7. The standard InChI is InChI=1S/C20H18Cl2N4O4/c1-3-8-26-20(29)13-7-5-4-6-12(13)16(25-26)19(28)24-23-18(27)11-9-14(21)17(30-2)15(22)10-11/h4-7,9-10H,3,8H2,1-2H3,(H,23,27)(H,24,28). The van der Waals surface area contributed by atoms with E-state index in [0.717, 1.165) is 0 Å². The van der Waals surface area contributed by atoms with E-state index >= 15 is 0 Å². The smallest absolute Gasteiger partial charge is 0.290 e. The van der Waals surface area contributed by atoms with Gasteiger partial charge in [0.05, 0.1) is 22.5 Å². The van der Waals surface area contributed by atoms with Gasteiger partial charge in [0.15, 0.2) is 11.4 Å². The summed E-state index contributed by atoms with van der Waals surface area (Å²) in [4.78, 5) is 37.7. The van der Waals surface area contributed by atoms with Crippen molar-refractivity contribution in [3.8, 4) is 5.75 Å². The largest absolute Gasteiger partial charge is 0.494 e. The second kappa shape index (κ2) is 9.15. The molecule has 0 radical (unpaired) electrons. The summed E-state index contributed by atoms with van der Waals surface area (Å²) in [6.07, 6.45) is 0.669. The molecule has 0 unspecified atom stereocenters. The molecule has 156 valence electrons. The number of carbonyl (C=O) groups is 2. The molecule has 0 aliphatic carbocycles. The predicted octanol–water partition coefficient (Wildman–Crippen LogP) is 3.20. The first-order chi connectivity index (χ1) is 14.4. The third kappa shape index (κ3) is 4.24. The third-order valence-electron chi connectivity index (χ3n) is 4.27. The number of amides is 2. The third-order valence-corrected chi connectivity index (χ3v) is 4.83. The number of fused-ring (bicyclic) bond motifs is 1. The number of nitrogens with one attached hydrogen (secondary N) is 2. The number of nitrogens with zero attached hydrogens (tertiary/aromatic N) is 2. The van der Waals surface area contributed by atoms with E-state index in [-0.39, 0.29) is 32.6 Å². The Labute approximate surface area is 181 Å². The number of carbonyl (C=O) groups excluding carboxylic acids is 2. The molecule has 0 saturated carbocycles. The second-order valence-corrected chi connectivity index (χ2v) is 7.12. The van der Waals surface area contributed by atoms with Crippen molar-refractivity contribution in [2.45, 2.75) is 19.9 Å². The van der Waals surface area contributed by atoms with Gasteiger partial charge in [-0.3, -0.25) is 25.2 Å². The zero-order chi connectivity index (χ0) is 21.8. The monoisotopic (exact) mass is 448 g/mol. The van der Waals surface area contributed by atoms with Gasteiger partial charge in [-0.05, 0) is 24.6 Å². The summed E-state index contributed by atoms with van der Waals surface area (Å²) in [6, 6.07) is 9.39. The number of methoxy groups -OCH3 is 1. The highest BCUT2D eigenvalue weighted by Gasteiger charge is 2.18. The lowest BCUT2D eigenvalue weighted by Crippen LogP contribution is -2.42. The predicted molar refractivity (Wildman–Crippen MR) is 114 cm³/mol. The summed E-state index contributed by atoms with van der Waals surface area (Å²) >= 11 is 12.1. The number of benzene rings is 2. The number of hydrogen-bond donors (Lipinski definition) is 2. The number of rotatable bonds is 5. The Hall–Kier alpha value is -3.10. The summed E-state index contributed by atoms with van der Waals surface area (Å²) < 4.78 is 6.28. The maximum atomic E-state index is 12.7. The summed E-state index contributed by atoms with van der Waals surface area (Å²) in [7, 11) is 1.41. The van der Waals surface area contributed by atoms with Crippen molar-refractivity contribution in [1.29, 1.82) is 0 Å². The molecule has 0 bridgehead atoms.